The van der Waals surface area contributed by atoms with Crippen molar-refractivity contribution < 1.29 is 0 Å². The number of hydrogen-bond donors (Lipinski definition) is 1. The lowest BCUT2D eigenvalue weighted by Crippen LogP contribution is -1.85. The Hall–Kier alpha value is -1.76. The molecule has 0 saturated heterocycles. The third-order valence-corrected chi connectivity index (χ3v) is 2.24. The summed E-state index contributed by atoms with van der Waals surface area (Å²) in [6, 6.07) is 16.4. The van der Waals surface area contributed by atoms with E-state index in [4.69, 9.17) is 5.73 Å². The first-order valence-corrected chi connectivity index (χ1v) is 5.68. The summed E-state index contributed by atoms with van der Waals surface area (Å²) in [5, 5.41) is 0. The van der Waals surface area contributed by atoms with Gasteiger partial charge in [0.1, 0.15) is 0 Å². The van der Waals surface area contributed by atoms with Crippen LogP contribution in [0.4, 0.5) is 5.69 Å². The second-order valence-corrected chi connectivity index (χ2v) is 3.49. The monoisotopic (exact) mass is 213 g/mol. The van der Waals surface area contributed by atoms with Gasteiger partial charge in [-0.05, 0) is 30.2 Å². The summed E-state index contributed by atoms with van der Waals surface area (Å²) in [6.07, 6.45) is 0. The molecule has 84 valence electrons. The van der Waals surface area contributed by atoms with E-state index in [9.17, 15) is 0 Å². The van der Waals surface area contributed by atoms with Crippen LogP contribution in [0.2, 0.25) is 0 Å². The number of rotatable bonds is 1. The van der Waals surface area contributed by atoms with Crippen molar-refractivity contribution in [3.8, 4) is 11.1 Å². The van der Waals surface area contributed by atoms with Gasteiger partial charge < -0.3 is 5.73 Å². The Morgan fingerprint density at radius 3 is 1.94 bits per heavy atom. The van der Waals surface area contributed by atoms with Gasteiger partial charge in [0.2, 0.25) is 0 Å². The predicted octanol–water partition coefficient (Wildman–Crippen LogP) is 4.27. The largest absolute Gasteiger partial charge is 0.399 e. The molecule has 0 radical (unpaired) electrons. The fourth-order valence-corrected chi connectivity index (χ4v) is 1.54. The molecule has 0 heterocycles. The molecule has 0 aliphatic rings. The van der Waals surface area contributed by atoms with Gasteiger partial charge in [0.25, 0.3) is 0 Å². The van der Waals surface area contributed by atoms with Crippen LogP contribution in [-0.2, 0) is 0 Å². The van der Waals surface area contributed by atoms with Gasteiger partial charge in [0.05, 0.1) is 0 Å². The Morgan fingerprint density at radius 1 is 0.812 bits per heavy atom. The van der Waals surface area contributed by atoms with E-state index < -0.39 is 0 Å². The van der Waals surface area contributed by atoms with Crippen molar-refractivity contribution in [3.05, 3.63) is 54.1 Å². The zero-order valence-corrected chi connectivity index (χ0v) is 10.2. The van der Waals surface area contributed by atoms with Crippen LogP contribution in [0.3, 0.4) is 0 Å². The number of nitrogen functional groups attached to an aromatic ring is 1. The Morgan fingerprint density at radius 2 is 1.38 bits per heavy atom. The van der Waals surface area contributed by atoms with Gasteiger partial charge in [0.15, 0.2) is 0 Å². The summed E-state index contributed by atoms with van der Waals surface area (Å²) >= 11 is 0. The van der Waals surface area contributed by atoms with Crippen LogP contribution < -0.4 is 5.73 Å². The molecule has 0 amide bonds. The average Bonchev–Trinajstić information content (AvgIpc) is 2.32. The second-order valence-electron chi connectivity index (χ2n) is 3.49. The Balaban J connectivity index is 0.000000606. The SMILES string of the molecule is CC.Cc1cccc(-c2cccc(N)c2)c1. The van der Waals surface area contributed by atoms with Crippen molar-refractivity contribution >= 4 is 5.69 Å². The third kappa shape index (κ3) is 3.13. The van der Waals surface area contributed by atoms with Gasteiger partial charge in [0, 0.05) is 5.69 Å². The van der Waals surface area contributed by atoms with Crippen LogP contribution in [0.15, 0.2) is 48.5 Å². The first-order chi connectivity index (χ1) is 7.75. The van der Waals surface area contributed by atoms with Crippen molar-refractivity contribution in [2.45, 2.75) is 20.8 Å². The number of anilines is 1. The molecule has 2 aromatic carbocycles. The molecular formula is C15H19N. The molecule has 0 bridgehead atoms. The molecule has 0 aliphatic carbocycles. The lowest BCUT2D eigenvalue weighted by molar-refractivity contribution is 1.47. The molecule has 16 heavy (non-hydrogen) atoms. The maximum Gasteiger partial charge on any atom is 0.0320 e. The maximum atomic E-state index is 5.73. The minimum atomic E-state index is 0.809. The van der Waals surface area contributed by atoms with E-state index in [1.807, 2.05) is 32.0 Å². The lowest BCUT2D eigenvalue weighted by atomic mass is 10.0. The molecule has 1 heteroatoms. The van der Waals surface area contributed by atoms with Crippen LogP contribution in [-0.4, -0.2) is 0 Å². The topological polar surface area (TPSA) is 26.0 Å². The number of hydrogen-bond acceptors (Lipinski definition) is 1. The Bertz CT molecular complexity index is 403. The van der Waals surface area contributed by atoms with Gasteiger partial charge in [-0.3, -0.25) is 0 Å². The van der Waals surface area contributed by atoms with Gasteiger partial charge in [-0.15, -0.1) is 0 Å². The Labute approximate surface area is 97.9 Å². The quantitative estimate of drug-likeness (QED) is 0.703. The van der Waals surface area contributed by atoms with E-state index in [1.165, 1.54) is 16.7 Å². The highest BCUT2D eigenvalue weighted by molar-refractivity contribution is 5.67. The van der Waals surface area contributed by atoms with Crippen molar-refractivity contribution in [3.63, 3.8) is 0 Å². The fraction of sp³-hybridized carbons (Fsp3) is 0.200. The summed E-state index contributed by atoms with van der Waals surface area (Å²) in [5.41, 5.74) is 10.2. The van der Waals surface area contributed by atoms with E-state index in [2.05, 4.69) is 37.3 Å². The van der Waals surface area contributed by atoms with E-state index in [1.54, 1.807) is 0 Å². The number of aryl methyl sites for hydroxylation is 1. The number of benzene rings is 2. The molecule has 0 aromatic heterocycles. The van der Waals surface area contributed by atoms with Gasteiger partial charge in [-0.25, -0.2) is 0 Å². The molecule has 0 atom stereocenters. The smallest absolute Gasteiger partial charge is 0.0320 e. The zero-order valence-electron chi connectivity index (χ0n) is 10.2. The standard InChI is InChI=1S/C13H13N.C2H6/c1-10-4-2-5-11(8-10)12-6-3-7-13(14)9-12;1-2/h2-9H,14H2,1H3;1-2H3. The van der Waals surface area contributed by atoms with Crippen LogP contribution >= 0.6 is 0 Å². The van der Waals surface area contributed by atoms with E-state index in [-0.39, 0.29) is 0 Å². The fourth-order valence-electron chi connectivity index (χ4n) is 1.54. The van der Waals surface area contributed by atoms with Crippen LogP contribution in [0.25, 0.3) is 11.1 Å². The molecule has 0 saturated carbocycles. The minimum Gasteiger partial charge on any atom is -0.399 e. The molecule has 2 N–H and O–H groups in total. The van der Waals surface area contributed by atoms with Crippen molar-refractivity contribution in [1.82, 2.24) is 0 Å². The Kier molecular flexibility index (Phi) is 4.59. The van der Waals surface area contributed by atoms with Gasteiger partial charge in [-0.1, -0.05) is 55.8 Å². The van der Waals surface area contributed by atoms with Gasteiger partial charge in [-0.2, -0.15) is 0 Å². The van der Waals surface area contributed by atoms with Crippen LogP contribution in [0.5, 0.6) is 0 Å². The van der Waals surface area contributed by atoms with Gasteiger partial charge >= 0.3 is 0 Å². The minimum absolute atomic E-state index is 0.809. The molecule has 1 nitrogen and oxygen atoms in total. The highest BCUT2D eigenvalue weighted by atomic mass is 14.5. The molecule has 2 aromatic rings. The second kappa shape index (κ2) is 5.96. The first kappa shape index (κ1) is 12.3. The van der Waals surface area contributed by atoms with Crippen molar-refractivity contribution in [2.24, 2.45) is 0 Å². The normalized spacial score (nSPS) is 9.19. The lowest BCUT2D eigenvalue weighted by Gasteiger charge is -2.03. The third-order valence-electron chi connectivity index (χ3n) is 2.24. The van der Waals surface area contributed by atoms with Crippen LogP contribution in [0, 0.1) is 6.92 Å². The molecule has 0 spiro atoms. The maximum absolute atomic E-state index is 5.73. The summed E-state index contributed by atoms with van der Waals surface area (Å²) in [7, 11) is 0. The number of nitrogens with two attached hydrogens (primary N) is 1. The summed E-state index contributed by atoms with van der Waals surface area (Å²) < 4.78 is 0. The van der Waals surface area contributed by atoms with Crippen LogP contribution in [0.1, 0.15) is 19.4 Å². The molecule has 0 fully saturated rings. The molecule has 2 rings (SSSR count). The highest BCUT2D eigenvalue weighted by Gasteiger charge is 1.97. The predicted molar refractivity (Wildman–Crippen MR) is 72.4 cm³/mol. The van der Waals surface area contributed by atoms with Crippen molar-refractivity contribution in [1.29, 1.82) is 0 Å². The summed E-state index contributed by atoms with van der Waals surface area (Å²) in [6.45, 7) is 6.09. The summed E-state index contributed by atoms with van der Waals surface area (Å²) in [5.74, 6) is 0. The molecular weight excluding hydrogens is 194 g/mol. The van der Waals surface area contributed by atoms with E-state index in [0.29, 0.717) is 0 Å². The van der Waals surface area contributed by atoms with E-state index >= 15 is 0 Å². The first-order valence-electron chi connectivity index (χ1n) is 5.68. The zero-order chi connectivity index (χ0) is 12.0. The highest BCUT2D eigenvalue weighted by Crippen LogP contribution is 2.21. The molecule has 0 unspecified atom stereocenters. The summed E-state index contributed by atoms with van der Waals surface area (Å²) in [4.78, 5) is 0. The molecule has 0 aliphatic heterocycles. The van der Waals surface area contributed by atoms with E-state index in [0.717, 1.165) is 5.69 Å². The average molecular weight is 213 g/mol. The van der Waals surface area contributed by atoms with Crippen molar-refractivity contribution in [2.75, 3.05) is 5.73 Å².